The van der Waals surface area contributed by atoms with Crippen LogP contribution in [0.1, 0.15) is 22.0 Å². The lowest BCUT2D eigenvalue weighted by molar-refractivity contribution is 0.0950. The number of amides is 1. The first-order valence-corrected chi connectivity index (χ1v) is 10.1. The number of nitrogens with zero attached hydrogens (tertiary/aromatic N) is 2. The third kappa shape index (κ3) is 4.16. The van der Waals surface area contributed by atoms with E-state index in [1.54, 1.807) is 23.9 Å². The van der Waals surface area contributed by atoms with Gasteiger partial charge in [-0.05, 0) is 29.3 Å². The summed E-state index contributed by atoms with van der Waals surface area (Å²) in [5.41, 5.74) is 2.83. The molecular weight excluding hydrogens is 390 g/mol. The van der Waals surface area contributed by atoms with Gasteiger partial charge in [-0.1, -0.05) is 54.1 Å². The molecule has 1 amide bonds. The van der Waals surface area contributed by atoms with Gasteiger partial charge >= 0.3 is 0 Å². The van der Waals surface area contributed by atoms with E-state index < -0.39 is 0 Å². The molecule has 0 spiro atoms. The highest BCUT2D eigenvalue weighted by molar-refractivity contribution is 7.13. The summed E-state index contributed by atoms with van der Waals surface area (Å²) in [6, 6.07) is 19.6. The molecular formula is C22H18ClN3OS. The van der Waals surface area contributed by atoms with Crippen LogP contribution in [0.2, 0.25) is 5.02 Å². The lowest BCUT2D eigenvalue weighted by atomic mass is 10.1. The van der Waals surface area contributed by atoms with E-state index in [1.165, 1.54) is 0 Å². The third-order valence-electron chi connectivity index (χ3n) is 4.52. The molecule has 0 aliphatic heterocycles. The molecule has 4 aromatic rings. The number of carbonyl (C=O) groups excluding carboxylic acids is 1. The van der Waals surface area contributed by atoms with Crippen LogP contribution in [-0.2, 0) is 0 Å². The maximum Gasteiger partial charge on any atom is 0.252 e. The van der Waals surface area contributed by atoms with Crippen molar-refractivity contribution in [2.24, 2.45) is 0 Å². The van der Waals surface area contributed by atoms with Gasteiger partial charge < -0.3 is 9.88 Å². The molecule has 0 fully saturated rings. The fourth-order valence-corrected chi connectivity index (χ4v) is 4.06. The van der Waals surface area contributed by atoms with Gasteiger partial charge in [0, 0.05) is 34.2 Å². The van der Waals surface area contributed by atoms with Crippen molar-refractivity contribution in [3.05, 3.63) is 101 Å². The van der Waals surface area contributed by atoms with E-state index >= 15 is 0 Å². The maximum atomic E-state index is 12.7. The molecule has 1 N–H and O–H groups in total. The normalized spacial score (nSPS) is 11.9. The van der Waals surface area contributed by atoms with Crippen LogP contribution in [0.3, 0.4) is 0 Å². The van der Waals surface area contributed by atoms with Crippen molar-refractivity contribution in [1.82, 2.24) is 14.9 Å². The highest BCUT2D eigenvalue weighted by Crippen LogP contribution is 2.28. The smallest absolute Gasteiger partial charge is 0.252 e. The number of halogens is 1. The van der Waals surface area contributed by atoms with Crippen LogP contribution in [0, 0.1) is 0 Å². The molecule has 0 bridgehead atoms. The van der Waals surface area contributed by atoms with Crippen LogP contribution in [0.25, 0.3) is 10.4 Å². The molecule has 0 aliphatic rings. The Labute approximate surface area is 172 Å². The van der Waals surface area contributed by atoms with Crippen LogP contribution < -0.4 is 5.32 Å². The molecule has 2 aromatic heterocycles. The molecule has 2 heterocycles. The third-order valence-corrected chi connectivity index (χ3v) is 5.75. The lowest BCUT2D eigenvalue weighted by Gasteiger charge is -2.19. The van der Waals surface area contributed by atoms with Gasteiger partial charge in [0.1, 0.15) is 0 Å². The van der Waals surface area contributed by atoms with Crippen LogP contribution >= 0.6 is 22.9 Å². The van der Waals surface area contributed by atoms with E-state index in [1.807, 2.05) is 64.7 Å². The minimum absolute atomic E-state index is 0.0120. The van der Waals surface area contributed by atoms with Crippen molar-refractivity contribution in [3.63, 3.8) is 0 Å². The highest BCUT2D eigenvalue weighted by atomic mass is 35.5. The van der Waals surface area contributed by atoms with Crippen LogP contribution in [0.5, 0.6) is 0 Å². The number of hydrogen-bond acceptors (Lipinski definition) is 3. The average Bonchev–Trinajstić information content (AvgIpc) is 3.42. The lowest BCUT2D eigenvalue weighted by Crippen LogP contribution is -2.30. The number of aromatic nitrogens is 2. The van der Waals surface area contributed by atoms with E-state index in [9.17, 15) is 4.79 Å². The van der Waals surface area contributed by atoms with Gasteiger partial charge in [-0.3, -0.25) is 4.79 Å². The van der Waals surface area contributed by atoms with Crippen molar-refractivity contribution in [2.75, 3.05) is 6.54 Å². The monoisotopic (exact) mass is 407 g/mol. The van der Waals surface area contributed by atoms with Gasteiger partial charge in [-0.25, -0.2) is 4.98 Å². The Morgan fingerprint density at radius 1 is 1.14 bits per heavy atom. The zero-order chi connectivity index (χ0) is 19.3. The summed E-state index contributed by atoms with van der Waals surface area (Å²) in [6.07, 6.45) is 5.43. The van der Waals surface area contributed by atoms with E-state index in [0.717, 1.165) is 16.0 Å². The second-order valence-electron chi connectivity index (χ2n) is 6.35. The minimum atomic E-state index is -0.0856. The number of imidazole rings is 1. The minimum Gasteiger partial charge on any atom is -0.350 e. The summed E-state index contributed by atoms with van der Waals surface area (Å²) < 4.78 is 2.00. The Balaban J connectivity index is 1.48. The summed E-state index contributed by atoms with van der Waals surface area (Å²) in [7, 11) is 0. The Bertz CT molecular complexity index is 1040. The summed E-state index contributed by atoms with van der Waals surface area (Å²) in [5, 5.41) is 5.64. The van der Waals surface area contributed by atoms with Crippen LogP contribution in [0.15, 0.2) is 84.8 Å². The topological polar surface area (TPSA) is 46.9 Å². The summed E-state index contributed by atoms with van der Waals surface area (Å²) >= 11 is 7.50. The second-order valence-corrected chi connectivity index (χ2v) is 7.70. The van der Waals surface area contributed by atoms with Gasteiger partial charge in [0.2, 0.25) is 0 Å². The molecule has 0 aliphatic carbocycles. The molecule has 0 radical (unpaired) electrons. The Morgan fingerprint density at radius 2 is 1.93 bits per heavy atom. The molecule has 28 heavy (non-hydrogen) atoms. The molecule has 4 rings (SSSR count). The first kappa shape index (κ1) is 18.5. The van der Waals surface area contributed by atoms with Crippen LogP contribution in [-0.4, -0.2) is 22.0 Å². The van der Waals surface area contributed by atoms with E-state index in [2.05, 4.69) is 22.4 Å². The van der Waals surface area contributed by atoms with Crippen molar-refractivity contribution in [2.45, 2.75) is 6.04 Å². The molecule has 6 heteroatoms. The van der Waals surface area contributed by atoms with Crippen molar-refractivity contribution in [1.29, 1.82) is 0 Å². The highest BCUT2D eigenvalue weighted by Gasteiger charge is 2.16. The largest absolute Gasteiger partial charge is 0.350 e. The van der Waals surface area contributed by atoms with Gasteiger partial charge in [-0.2, -0.15) is 0 Å². The fraction of sp³-hybridized carbons (Fsp3) is 0.0909. The van der Waals surface area contributed by atoms with Crippen molar-refractivity contribution >= 4 is 28.8 Å². The average molecular weight is 408 g/mol. The first-order chi connectivity index (χ1) is 13.7. The van der Waals surface area contributed by atoms with E-state index in [4.69, 9.17) is 11.6 Å². The predicted molar refractivity (Wildman–Crippen MR) is 114 cm³/mol. The quantitative estimate of drug-likeness (QED) is 0.472. The number of carbonyl (C=O) groups is 1. The zero-order valence-electron chi connectivity index (χ0n) is 15.0. The summed E-state index contributed by atoms with van der Waals surface area (Å²) in [4.78, 5) is 17.9. The Kier molecular flexibility index (Phi) is 5.55. The molecule has 140 valence electrons. The van der Waals surface area contributed by atoms with Crippen LogP contribution in [0.4, 0.5) is 0 Å². The molecule has 1 atom stereocenters. The Hall–Kier alpha value is -2.89. The number of nitrogens with one attached hydrogen (secondary N) is 1. The van der Waals surface area contributed by atoms with Crippen molar-refractivity contribution < 1.29 is 4.79 Å². The van der Waals surface area contributed by atoms with Gasteiger partial charge in [0.25, 0.3) is 5.91 Å². The fourth-order valence-electron chi connectivity index (χ4n) is 3.04. The molecule has 0 saturated carbocycles. The molecule has 0 saturated heterocycles. The predicted octanol–water partition coefficient (Wildman–Crippen LogP) is 5.28. The number of thiophene rings is 1. The zero-order valence-corrected chi connectivity index (χ0v) is 16.5. The molecule has 4 nitrogen and oxygen atoms in total. The summed E-state index contributed by atoms with van der Waals surface area (Å²) in [6.45, 7) is 0.478. The summed E-state index contributed by atoms with van der Waals surface area (Å²) in [5.74, 6) is -0.0856. The van der Waals surface area contributed by atoms with E-state index in [0.29, 0.717) is 17.1 Å². The standard InChI is InChI=1S/C22H18ClN3OS/c23-19-8-6-17(7-9-19)21-12-18(14-28-21)22(27)25-13-20(26-11-10-24-15-26)16-4-2-1-3-5-16/h1-12,14-15,20H,13H2,(H,25,27). The number of benzene rings is 2. The van der Waals surface area contributed by atoms with Gasteiger partial charge in [0.05, 0.1) is 17.9 Å². The SMILES string of the molecule is O=C(NCC(c1ccccc1)n1ccnc1)c1csc(-c2ccc(Cl)cc2)c1. The van der Waals surface area contributed by atoms with Crippen molar-refractivity contribution in [3.8, 4) is 10.4 Å². The van der Waals surface area contributed by atoms with Gasteiger partial charge in [-0.15, -0.1) is 11.3 Å². The number of hydrogen-bond donors (Lipinski definition) is 1. The first-order valence-electron chi connectivity index (χ1n) is 8.86. The number of rotatable bonds is 6. The van der Waals surface area contributed by atoms with E-state index in [-0.39, 0.29) is 11.9 Å². The second kappa shape index (κ2) is 8.42. The maximum absolute atomic E-state index is 12.7. The molecule has 1 unspecified atom stereocenters. The van der Waals surface area contributed by atoms with Gasteiger partial charge in [0.15, 0.2) is 0 Å². The molecule has 2 aromatic carbocycles. The Morgan fingerprint density at radius 3 is 2.64 bits per heavy atom.